The van der Waals surface area contributed by atoms with E-state index in [0.29, 0.717) is 0 Å². The average Bonchev–Trinajstić information content (AvgIpc) is 3.00. The van der Waals surface area contributed by atoms with Gasteiger partial charge in [0.15, 0.2) is 5.13 Å². The van der Waals surface area contributed by atoms with Gasteiger partial charge in [-0.1, -0.05) is 19.9 Å². The minimum absolute atomic E-state index is 0.911. The van der Waals surface area contributed by atoms with Crippen LogP contribution in [-0.2, 0) is 12.8 Å². The third kappa shape index (κ3) is 2.06. The number of aromatic nitrogens is 3. The predicted molar refractivity (Wildman–Crippen MR) is 80.2 cm³/mol. The molecule has 2 heterocycles. The third-order valence-electron chi connectivity index (χ3n) is 3.28. The van der Waals surface area contributed by atoms with Gasteiger partial charge in [-0.2, -0.15) is 0 Å². The molecule has 0 spiro atoms. The normalized spacial score (nSPS) is 11.3. The summed E-state index contributed by atoms with van der Waals surface area (Å²) in [6, 6.07) is 6.41. The van der Waals surface area contributed by atoms with Crippen LogP contribution < -0.4 is 0 Å². The maximum absolute atomic E-state index is 4.73. The first-order chi connectivity index (χ1) is 9.22. The van der Waals surface area contributed by atoms with Crippen molar-refractivity contribution in [2.24, 2.45) is 0 Å². The number of benzene rings is 1. The molecule has 0 fully saturated rings. The Morgan fingerprint density at radius 1 is 1.21 bits per heavy atom. The minimum Gasteiger partial charge on any atom is -0.272 e. The molecular weight excluding hydrogens is 254 g/mol. The molecule has 0 aliphatic carbocycles. The van der Waals surface area contributed by atoms with E-state index in [9.17, 15) is 0 Å². The Morgan fingerprint density at radius 2 is 2.05 bits per heavy atom. The predicted octanol–water partition coefficient (Wildman–Crippen LogP) is 3.92. The van der Waals surface area contributed by atoms with Crippen molar-refractivity contribution in [1.82, 2.24) is 14.5 Å². The van der Waals surface area contributed by atoms with E-state index < -0.39 is 0 Å². The van der Waals surface area contributed by atoms with Gasteiger partial charge in [0.2, 0.25) is 0 Å². The van der Waals surface area contributed by atoms with E-state index in [0.717, 1.165) is 34.8 Å². The fourth-order valence-corrected chi connectivity index (χ4v) is 3.14. The van der Waals surface area contributed by atoms with E-state index >= 15 is 0 Å². The van der Waals surface area contributed by atoms with Crippen molar-refractivity contribution in [3.8, 4) is 5.13 Å². The molecule has 19 heavy (non-hydrogen) atoms. The highest BCUT2D eigenvalue weighted by molar-refractivity contribution is 7.14. The summed E-state index contributed by atoms with van der Waals surface area (Å²) in [4.78, 5) is 10.6. The van der Waals surface area contributed by atoms with Gasteiger partial charge >= 0.3 is 0 Å². The van der Waals surface area contributed by atoms with Crippen molar-refractivity contribution in [2.45, 2.75) is 33.6 Å². The van der Waals surface area contributed by atoms with Crippen LogP contribution >= 0.6 is 11.3 Å². The summed E-state index contributed by atoms with van der Waals surface area (Å²) in [5, 5.41) is 1.03. The average molecular weight is 271 g/mol. The SMILES string of the molecule is CCc1cnc(-n2c(CC)nc3cc(C)ccc32)s1. The van der Waals surface area contributed by atoms with Gasteiger partial charge in [-0.25, -0.2) is 9.97 Å². The number of fused-ring (bicyclic) bond motifs is 1. The zero-order valence-corrected chi connectivity index (χ0v) is 12.3. The maximum atomic E-state index is 4.73. The van der Waals surface area contributed by atoms with Crippen LogP contribution in [0.25, 0.3) is 16.2 Å². The lowest BCUT2D eigenvalue weighted by atomic mass is 10.2. The fraction of sp³-hybridized carbons (Fsp3) is 0.333. The summed E-state index contributed by atoms with van der Waals surface area (Å²) in [6.45, 7) is 6.40. The zero-order chi connectivity index (χ0) is 13.4. The molecule has 0 amide bonds. The first kappa shape index (κ1) is 12.4. The van der Waals surface area contributed by atoms with Crippen LogP contribution in [0, 0.1) is 6.92 Å². The molecule has 4 heteroatoms. The Kier molecular flexibility index (Phi) is 3.11. The van der Waals surface area contributed by atoms with Gasteiger partial charge in [-0.05, 0) is 31.0 Å². The second-order valence-electron chi connectivity index (χ2n) is 4.67. The van der Waals surface area contributed by atoms with Crippen LogP contribution in [0.4, 0.5) is 0 Å². The van der Waals surface area contributed by atoms with Crippen molar-refractivity contribution < 1.29 is 0 Å². The second-order valence-corrected chi connectivity index (χ2v) is 5.77. The summed E-state index contributed by atoms with van der Waals surface area (Å²) in [5.74, 6) is 1.08. The molecule has 3 aromatic rings. The van der Waals surface area contributed by atoms with E-state index in [1.54, 1.807) is 11.3 Å². The van der Waals surface area contributed by atoms with Gasteiger partial charge in [-0.15, -0.1) is 11.3 Å². The molecule has 0 aliphatic heterocycles. The molecule has 0 radical (unpaired) electrons. The Morgan fingerprint density at radius 3 is 2.74 bits per heavy atom. The van der Waals surface area contributed by atoms with Crippen LogP contribution in [0.3, 0.4) is 0 Å². The molecule has 3 rings (SSSR count). The number of thiazole rings is 1. The molecule has 0 N–H and O–H groups in total. The number of hydrogen-bond acceptors (Lipinski definition) is 3. The van der Waals surface area contributed by atoms with Crippen LogP contribution in [0.1, 0.15) is 30.1 Å². The first-order valence-electron chi connectivity index (χ1n) is 6.66. The highest BCUT2D eigenvalue weighted by Crippen LogP contribution is 2.26. The van der Waals surface area contributed by atoms with E-state index in [2.05, 4.69) is 48.5 Å². The lowest BCUT2D eigenvalue weighted by Gasteiger charge is -2.03. The third-order valence-corrected chi connectivity index (χ3v) is 4.40. The summed E-state index contributed by atoms with van der Waals surface area (Å²) < 4.78 is 2.19. The molecule has 0 atom stereocenters. The molecule has 0 unspecified atom stereocenters. The van der Waals surface area contributed by atoms with Crippen molar-refractivity contribution in [1.29, 1.82) is 0 Å². The molecule has 2 aromatic heterocycles. The summed E-state index contributed by atoms with van der Waals surface area (Å²) in [6.07, 6.45) is 3.92. The van der Waals surface area contributed by atoms with Crippen LogP contribution in [0.5, 0.6) is 0 Å². The quantitative estimate of drug-likeness (QED) is 0.723. The van der Waals surface area contributed by atoms with Crippen molar-refractivity contribution >= 4 is 22.4 Å². The van der Waals surface area contributed by atoms with Gasteiger partial charge in [0.05, 0.1) is 11.0 Å². The van der Waals surface area contributed by atoms with Crippen LogP contribution in [0.2, 0.25) is 0 Å². The highest BCUT2D eigenvalue weighted by atomic mass is 32.1. The summed E-state index contributed by atoms with van der Waals surface area (Å²) in [5.41, 5.74) is 3.46. The van der Waals surface area contributed by atoms with Gasteiger partial charge in [0.25, 0.3) is 0 Å². The second kappa shape index (κ2) is 4.78. The van der Waals surface area contributed by atoms with E-state index in [-0.39, 0.29) is 0 Å². The minimum atomic E-state index is 0.911. The number of imidazole rings is 1. The monoisotopic (exact) mass is 271 g/mol. The van der Waals surface area contributed by atoms with Gasteiger partial charge in [0, 0.05) is 17.5 Å². The van der Waals surface area contributed by atoms with Gasteiger partial charge < -0.3 is 0 Å². The molecule has 1 aromatic carbocycles. The van der Waals surface area contributed by atoms with Gasteiger partial charge in [0.1, 0.15) is 5.82 Å². The summed E-state index contributed by atoms with van der Waals surface area (Å²) in [7, 11) is 0. The van der Waals surface area contributed by atoms with Gasteiger partial charge in [-0.3, -0.25) is 4.57 Å². The molecular formula is C15H17N3S. The molecule has 0 saturated heterocycles. The molecule has 0 aliphatic rings. The largest absolute Gasteiger partial charge is 0.272 e. The van der Waals surface area contributed by atoms with Crippen LogP contribution in [-0.4, -0.2) is 14.5 Å². The Balaban J connectivity index is 2.25. The first-order valence-corrected chi connectivity index (χ1v) is 7.47. The number of rotatable bonds is 3. The van der Waals surface area contributed by atoms with Crippen LogP contribution in [0.15, 0.2) is 24.4 Å². The van der Waals surface area contributed by atoms with Crippen molar-refractivity contribution in [3.05, 3.63) is 40.7 Å². The molecule has 0 bridgehead atoms. The number of hydrogen-bond donors (Lipinski definition) is 0. The topological polar surface area (TPSA) is 30.7 Å². The smallest absolute Gasteiger partial charge is 0.195 e. The summed E-state index contributed by atoms with van der Waals surface area (Å²) >= 11 is 1.75. The van der Waals surface area contributed by atoms with E-state index in [1.807, 2.05) is 6.20 Å². The molecule has 98 valence electrons. The van der Waals surface area contributed by atoms with E-state index in [4.69, 9.17) is 4.98 Å². The Labute approximate surface area is 116 Å². The maximum Gasteiger partial charge on any atom is 0.195 e. The highest BCUT2D eigenvalue weighted by Gasteiger charge is 2.13. The Hall–Kier alpha value is -1.68. The van der Waals surface area contributed by atoms with Crippen molar-refractivity contribution in [2.75, 3.05) is 0 Å². The number of aryl methyl sites for hydroxylation is 3. The molecule has 3 nitrogen and oxygen atoms in total. The van der Waals surface area contributed by atoms with E-state index in [1.165, 1.54) is 10.4 Å². The lowest BCUT2D eigenvalue weighted by molar-refractivity contribution is 0.900. The Bertz CT molecular complexity index is 724. The fourth-order valence-electron chi connectivity index (χ4n) is 2.25. The zero-order valence-electron chi connectivity index (χ0n) is 11.5. The number of nitrogens with zero attached hydrogens (tertiary/aromatic N) is 3. The van der Waals surface area contributed by atoms with Crippen molar-refractivity contribution in [3.63, 3.8) is 0 Å². The molecule has 0 saturated carbocycles. The lowest BCUT2D eigenvalue weighted by Crippen LogP contribution is -1.98. The standard InChI is InChI=1S/C15H17N3S/c1-4-11-9-16-15(19-11)18-13-7-6-10(3)8-12(13)17-14(18)5-2/h6-9H,4-5H2,1-3H3.